The Bertz CT molecular complexity index is 430. The summed E-state index contributed by atoms with van der Waals surface area (Å²) in [6.07, 6.45) is 13.2. The maximum atomic E-state index is 8.12. The highest BCUT2D eigenvalue weighted by atomic mass is 16.3. The number of hydrogen-bond donors (Lipinski definition) is 2. The summed E-state index contributed by atoms with van der Waals surface area (Å²) in [5, 5.41) is 11.6. The molecule has 2 N–H and O–H groups in total. The summed E-state index contributed by atoms with van der Waals surface area (Å²) < 4.78 is 1.12. The minimum Gasteiger partial charge on any atom is -0.381 e. The summed E-state index contributed by atoms with van der Waals surface area (Å²) in [5.41, 5.74) is 2.98. The first-order valence-electron chi connectivity index (χ1n) is 6.45. The van der Waals surface area contributed by atoms with Crippen LogP contribution in [0, 0.1) is 12.3 Å². The van der Waals surface area contributed by atoms with Crippen LogP contribution in [0.5, 0.6) is 0 Å². The number of hydrogen-bond acceptors (Lipinski definition) is 2. The van der Waals surface area contributed by atoms with Gasteiger partial charge in [-0.05, 0) is 13.8 Å². The van der Waals surface area contributed by atoms with Crippen LogP contribution in [0.15, 0.2) is 35.7 Å². The summed E-state index contributed by atoms with van der Waals surface area (Å²) in [6, 6.07) is 0.684. The Morgan fingerprint density at radius 2 is 2.00 bits per heavy atom. The van der Waals surface area contributed by atoms with Crippen LogP contribution in [0.1, 0.15) is 13.8 Å². The van der Waals surface area contributed by atoms with Gasteiger partial charge in [-0.2, -0.15) is 0 Å². The third-order valence-electron chi connectivity index (χ3n) is 3.85. The van der Waals surface area contributed by atoms with Gasteiger partial charge in [0.1, 0.15) is 30.1 Å². The quantitative estimate of drug-likeness (QED) is 0.495. The van der Waals surface area contributed by atoms with Crippen LogP contribution < -0.4 is 5.32 Å². The molecule has 1 saturated heterocycles. The third-order valence-corrected chi connectivity index (χ3v) is 3.85. The van der Waals surface area contributed by atoms with Gasteiger partial charge in [0, 0.05) is 37.4 Å². The molecule has 3 aliphatic rings. The average molecular weight is 245 g/mol. The summed E-state index contributed by atoms with van der Waals surface area (Å²) in [5.74, 6) is 2.08. The Labute approximate surface area is 109 Å². The van der Waals surface area contributed by atoms with E-state index < -0.39 is 6.10 Å². The van der Waals surface area contributed by atoms with Gasteiger partial charge < -0.3 is 10.4 Å². The van der Waals surface area contributed by atoms with E-state index in [9.17, 15) is 0 Å². The van der Waals surface area contributed by atoms with Crippen molar-refractivity contribution in [3.05, 3.63) is 35.7 Å². The van der Waals surface area contributed by atoms with Crippen molar-refractivity contribution in [3.8, 4) is 12.3 Å². The number of piperazine rings is 1. The topological polar surface area (TPSA) is 32.3 Å². The van der Waals surface area contributed by atoms with Gasteiger partial charge in [-0.3, -0.25) is 4.48 Å². The molecular formula is C15H21N2O+. The van der Waals surface area contributed by atoms with E-state index in [1.165, 1.54) is 17.9 Å². The maximum Gasteiger partial charge on any atom is 0.138 e. The molecule has 2 bridgehead atoms. The predicted molar refractivity (Wildman–Crippen MR) is 73.3 cm³/mol. The monoisotopic (exact) mass is 245 g/mol. The Morgan fingerprint density at radius 3 is 2.39 bits per heavy atom. The SMILES string of the molecule is C#CC(C)O.CC1CNCC[N+]12C1=CC=C2C=C1. The second-order valence-corrected chi connectivity index (χ2v) is 5.00. The minimum absolute atomic E-state index is 0.588. The molecule has 0 amide bonds. The fourth-order valence-electron chi connectivity index (χ4n) is 2.84. The Balaban J connectivity index is 0.000000209. The molecule has 0 aromatic carbocycles. The highest BCUT2D eigenvalue weighted by molar-refractivity contribution is 5.41. The van der Waals surface area contributed by atoms with Crippen LogP contribution in [0.3, 0.4) is 0 Å². The Morgan fingerprint density at radius 1 is 1.44 bits per heavy atom. The van der Waals surface area contributed by atoms with E-state index in [2.05, 4.69) is 48.9 Å². The number of nitrogens with one attached hydrogen (secondary N) is 1. The van der Waals surface area contributed by atoms with E-state index >= 15 is 0 Å². The van der Waals surface area contributed by atoms with Gasteiger partial charge in [0.25, 0.3) is 0 Å². The second kappa shape index (κ2) is 5.11. The molecule has 0 saturated carbocycles. The van der Waals surface area contributed by atoms with Crippen LogP contribution in [0.4, 0.5) is 0 Å². The Kier molecular flexibility index (Phi) is 3.72. The normalized spacial score (nSPS) is 28.0. The van der Waals surface area contributed by atoms with Gasteiger partial charge in [0.15, 0.2) is 0 Å². The number of rotatable bonds is 0. The van der Waals surface area contributed by atoms with Crippen molar-refractivity contribution in [2.24, 2.45) is 0 Å². The van der Waals surface area contributed by atoms with Crippen LogP contribution in [-0.4, -0.2) is 41.4 Å². The molecule has 0 radical (unpaired) electrons. The van der Waals surface area contributed by atoms with Crippen molar-refractivity contribution in [3.63, 3.8) is 0 Å². The molecule has 3 nitrogen and oxygen atoms in total. The van der Waals surface area contributed by atoms with E-state index in [0.29, 0.717) is 6.04 Å². The van der Waals surface area contributed by atoms with Crippen molar-refractivity contribution in [2.45, 2.75) is 26.0 Å². The molecule has 2 unspecified atom stereocenters. The van der Waals surface area contributed by atoms with Gasteiger partial charge in [-0.25, -0.2) is 0 Å². The zero-order chi connectivity index (χ0) is 13.2. The molecule has 1 fully saturated rings. The molecular weight excluding hydrogens is 224 g/mol. The first-order chi connectivity index (χ1) is 8.61. The summed E-state index contributed by atoms with van der Waals surface area (Å²) in [4.78, 5) is 0. The maximum absolute atomic E-state index is 8.12. The lowest BCUT2D eigenvalue weighted by Crippen LogP contribution is -2.59. The van der Waals surface area contributed by atoms with Gasteiger partial charge in [-0.15, -0.1) is 6.42 Å². The summed E-state index contributed by atoms with van der Waals surface area (Å²) in [6.45, 7) is 7.37. The molecule has 3 heterocycles. The molecule has 3 aliphatic heterocycles. The lowest BCUT2D eigenvalue weighted by molar-refractivity contribution is -0.869. The molecule has 1 spiro atoms. The highest BCUT2D eigenvalue weighted by Gasteiger charge is 2.47. The van der Waals surface area contributed by atoms with E-state index in [-0.39, 0.29) is 0 Å². The molecule has 2 atom stereocenters. The molecule has 0 aromatic rings. The summed E-state index contributed by atoms with van der Waals surface area (Å²) >= 11 is 0. The zero-order valence-corrected chi connectivity index (χ0v) is 11.1. The van der Waals surface area contributed by atoms with Crippen LogP contribution >= 0.6 is 0 Å². The van der Waals surface area contributed by atoms with Gasteiger partial charge in [-0.1, -0.05) is 5.92 Å². The van der Waals surface area contributed by atoms with Gasteiger partial charge in [0.05, 0.1) is 0 Å². The van der Waals surface area contributed by atoms with Crippen molar-refractivity contribution in [1.82, 2.24) is 5.32 Å². The Hall–Kier alpha value is -1.34. The number of allylic oxidation sites excluding steroid dienone is 4. The minimum atomic E-state index is -0.588. The number of quaternary nitrogens is 1. The standard InChI is InChI=1S/C11H15N2.C4H6O/c1-9-8-12-6-7-13(9)10-2-3-11(13)5-4-10;1-3-4(2)5/h2-5,9,12H,6-8H2,1H3;1,4-5H,2H3/q+1;. The number of terminal acetylenes is 1. The van der Waals surface area contributed by atoms with Gasteiger partial charge >= 0.3 is 0 Å². The molecule has 96 valence electrons. The number of aliphatic hydroxyl groups is 1. The third kappa shape index (κ3) is 2.04. The lowest BCUT2D eigenvalue weighted by atomic mass is 10.1. The van der Waals surface area contributed by atoms with Crippen molar-refractivity contribution >= 4 is 0 Å². The van der Waals surface area contributed by atoms with E-state index in [1.807, 2.05) is 0 Å². The zero-order valence-electron chi connectivity index (χ0n) is 11.1. The van der Waals surface area contributed by atoms with Crippen LogP contribution in [0.2, 0.25) is 0 Å². The fraction of sp³-hybridized carbons (Fsp3) is 0.467. The average Bonchev–Trinajstić information content (AvgIpc) is 2.90. The first kappa shape index (κ1) is 13.1. The predicted octanol–water partition coefficient (Wildman–Crippen LogP) is 1.15. The molecule has 3 heteroatoms. The first-order valence-corrected chi connectivity index (χ1v) is 6.45. The van der Waals surface area contributed by atoms with E-state index in [0.717, 1.165) is 17.6 Å². The van der Waals surface area contributed by atoms with E-state index in [1.54, 1.807) is 6.92 Å². The van der Waals surface area contributed by atoms with Crippen LogP contribution in [0.25, 0.3) is 0 Å². The fourth-order valence-corrected chi connectivity index (χ4v) is 2.84. The highest BCUT2D eigenvalue weighted by Crippen LogP contribution is 2.41. The largest absolute Gasteiger partial charge is 0.381 e. The lowest BCUT2D eigenvalue weighted by Gasteiger charge is -2.42. The van der Waals surface area contributed by atoms with Crippen molar-refractivity contribution in [2.75, 3.05) is 19.6 Å². The van der Waals surface area contributed by atoms with E-state index in [4.69, 9.17) is 5.11 Å². The molecule has 0 aliphatic carbocycles. The van der Waals surface area contributed by atoms with Crippen LogP contribution in [-0.2, 0) is 0 Å². The smallest absolute Gasteiger partial charge is 0.138 e. The second-order valence-electron chi connectivity index (χ2n) is 5.00. The van der Waals surface area contributed by atoms with Crippen molar-refractivity contribution in [1.29, 1.82) is 0 Å². The van der Waals surface area contributed by atoms with Gasteiger partial charge in [0.2, 0.25) is 0 Å². The summed E-state index contributed by atoms with van der Waals surface area (Å²) in [7, 11) is 0. The molecule has 0 aromatic heterocycles. The molecule has 3 rings (SSSR count). The molecule has 18 heavy (non-hydrogen) atoms. The number of aliphatic hydroxyl groups excluding tert-OH is 1. The number of nitrogens with zero attached hydrogens (tertiary/aromatic N) is 1. The van der Waals surface area contributed by atoms with Crippen molar-refractivity contribution < 1.29 is 9.59 Å².